The van der Waals surface area contributed by atoms with Crippen molar-refractivity contribution in [1.82, 2.24) is 10.2 Å². The first kappa shape index (κ1) is 15.5. The van der Waals surface area contributed by atoms with Crippen molar-refractivity contribution in [2.24, 2.45) is 0 Å². The van der Waals surface area contributed by atoms with Gasteiger partial charge in [0.05, 0.1) is 19.2 Å². The van der Waals surface area contributed by atoms with E-state index in [9.17, 15) is 4.79 Å². The zero-order chi connectivity index (χ0) is 14.1. The number of halogens is 1. The molecule has 4 nitrogen and oxygen atoms in total. The van der Waals surface area contributed by atoms with Crippen molar-refractivity contribution >= 4 is 17.5 Å². The molecule has 0 atom stereocenters. The third-order valence-corrected chi connectivity index (χ3v) is 2.82. The summed E-state index contributed by atoms with van der Waals surface area (Å²) in [7, 11) is 0. The Morgan fingerprint density at radius 1 is 1.53 bits per heavy atom. The van der Waals surface area contributed by atoms with E-state index in [0.29, 0.717) is 11.6 Å². The normalized spacial score (nSPS) is 10.2. The van der Waals surface area contributed by atoms with Gasteiger partial charge < -0.3 is 5.32 Å². The highest BCUT2D eigenvalue weighted by Gasteiger charge is 2.09. The summed E-state index contributed by atoms with van der Waals surface area (Å²) >= 11 is 5.87. The van der Waals surface area contributed by atoms with Gasteiger partial charge in [-0.05, 0) is 30.7 Å². The largest absolute Gasteiger partial charge is 0.351 e. The molecule has 5 heteroatoms. The number of nitrogens with zero attached hydrogens (tertiary/aromatic N) is 2. The minimum absolute atomic E-state index is 0.0799. The van der Waals surface area contributed by atoms with Crippen LogP contribution in [0.3, 0.4) is 0 Å². The fourth-order valence-corrected chi connectivity index (χ4v) is 1.95. The summed E-state index contributed by atoms with van der Waals surface area (Å²) in [6, 6.07) is 9.44. The first-order valence-electron chi connectivity index (χ1n) is 6.26. The molecule has 0 bridgehead atoms. The van der Waals surface area contributed by atoms with Gasteiger partial charge in [-0.3, -0.25) is 9.69 Å². The maximum absolute atomic E-state index is 11.8. The highest BCUT2D eigenvalue weighted by atomic mass is 35.5. The monoisotopic (exact) mass is 279 g/mol. The lowest BCUT2D eigenvalue weighted by Gasteiger charge is -2.17. The molecule has 19 heavy (non-hydrogen) atoms. The third kappa shape index (κ3) is 6.23. The van der Waals surface area contributed by atoms with E-state index in [2.05, 4.69) is 11.4 Å². The number of carbonyl (C=O) groups excluding carboxylic acids is 1. The van der Waals surface area contributed by atoms with E-state index < -0.39 is 0 Å². The lowest BCUT2D eigenvalue weighted by atomic mass is 10.2. The van der Waals surface area contributed by atoms with Crippen LogP contribution in [0, 0.1) is 11.3 Å². The van der Waals surface area contributed by atoms with Crippen LogP contribution in [0.1, 0.15) is 18.9 Å². The highest BCUT2D eigenvalue weighted by Crippen LogP contribution is 2.10. The molecule has 1 aromatic carbocycles. The topological polar surface area (TPSA) is 56.1 Å². The zero-order valence-electron chi connectivity index (χ0n) is 11.0. The van der Waals surface area contributed by atoms with Crippen LogP contribution in [0.2, 0.25) is 5.02 Å². The lowest BCUT2D eigenvalue weighted by molar-refractivity contribution is -0.122. The molecule has 0 heterocycles. The molecule has 0 aliphatic rings. The van der Waals surface area contributed by atoms with Crippen LogP contribution in [0.4, 0.5) is 0 Å². The maximum atomic E-state index is 11.8. The Morgan fingerprint density at radius 3 is 2.95 bits per heavy atom. The Bertz CT molecular complexity index is 456. The number of hydrogen-bond acceptors (Lipinski definition) is 3. The van der Waals surface area contributed by atoms with Gasteiger partial charge in [-0.1, -0.05) is 30.7 Å². The number of amides is 1. The van der Waals surface area contributed by atoms with Gasteiger partial charge in [0.15, 0.2) is 0 Å². The van der Waals surface area contributed by atoms with Crippen LogP contribution in [-0.4, -0.2) is 30.4 Å². The molecule has 0 aliphatic carbocycles. The van der Waals surface area contributed by atoms with Crippen LogP contribution in [0.15, 0.2) is 24.3 Å². The summed E-state index contributed by atoms with van der Waals surface area (Å²) < 4.78 is 0. The summed E-state index contributed by atoms with van der Waals surface area (Å²) in [6.07, 6.45) is 0.920. The van der Waals surface area contributed by atoms with Crippen LogP contribution in [0.5, 0.6) is 0 Å². The summed E-state index contributed by atoms with van der Waals surface area (Å²) in [5.41, 5.74) is 0.961. The van der Waals surface area contributed by atoms with E-state index in [4.69, 9.17) is 16.9 Å². The summed E-state index contributed by atoms with van der Waals surface area (Å²) in [5.74, 6) is -0.0799. The molecule has 1 N–H and O–H groups in total. The Kier molecular flexibility index (Phi) is 6.94. The van der Waals surface area contributed by atoms with Crippen molar-refractivity contribution in [2.75, 3.05) is 19.6 Å². The molecule has 0 fully saturated rings. The first-order valence-corrected chi connectivity index (χ1v) is 6.64. The van der Waals surface area contributed by atoms with Gasteiger partial charge in [0.1, 0.15) is 0 Å². The Labute approximate surface area is 119 Å². The van der Waals surface area contributed by atoms with Crippen molar-refractivity contribution in [1.29, 1.82) is 5.26 Å². The van der Waals surface area contributed by atoms with Gasteiger partial charge in [0.25, 0.3) is 0 Å². The molecule has 1 rings (SSSR count). The van der Waals surface area contributed by atoms with Crippen molar-refractivity contribution in [3.8, 4) is 6.07 Å². The number of rotatable bonds is 7. The molecule has 0 spiro atoms. The predicted molar refractivity (Wildman–Crippen MR) is 75.6 cm³/mol. The van der Waals surface area contributed by atoms with Gasteiger partial charge >= 0.3 is 0 Å². The molecule has 0 aliphatic heterocycles. The number of nitrogens with one attached hydrogen (secondary N) is 1. The molecular weight excluding hydrogens is 262 g/mol. The van der Waals surface area contributed by atoms with Crippen molar-refractivity contribution < 1.29 is 4.79 Å². The predicted octanol–water partition coefficient (Wildman–Crippen LogP) is 2.19. The van der Waals surface area contributed by atoms with Gasteiger partial charge in [0, 0.05) is 11.6 Å². The molecule has 0 unspecified atom stereocenters. The first-order chi connectivity index (χ1) is 9.15. The van der Waals surface area contributed by atoms with Gasteiger partial charge in [0.2, 0.25) is 5.91 Å². The average Bonchev–Trinajstić information content (AvgIpc) is 2.37. The molecule has 1 aromatic rings. The van der Waals surface area contributed by atoms with E-state index in [0.717, 1.165) is 18.5 Å². The van der Waals surface area contributed by atoms with Gasteiger partial charge in [-0.2, -0.15) is 5.26 Å². The zero-order valence-corrected chi connectivity index (χ0v) is 11.8. The standard InChI is InChI=1S/C14H18ClN3O/c1-2-7-18(8-6-16)11-14(19)17-10-12-4-3-5-13(15)9-12/h3-5,9H,2,7-8,10-11H2,1H3,(H,17,19). The van der Waals surface area contributed by atoms with Crippen molar-refractivity contribution in [2.45, 2.75) is 19.9 Å². The molecular formula is C14H18ClN3O. The maximum Gasteiger partial charge on any atom is 0.234 e. The minimum atomic E-state index is -0.0799. The van der Waals surface area contributed by atoms with Crippen molar-refractivity contribution in [3.05, 3.63) is 34.9 Å². The fraction of sp³-hybridized carbons (Fsp3) is 0.429. The summed E-state index contributed by atoms with van der Waals surface area (Å²) in [5, 5.41) is 12.2. The van der Waals surface area contributed by atoms with E-state index in [-0.39, 0.29) is 19.0 Å². The van der Waals surface area contributed by atoms with Crippen LogP contribution in [0.25, 0.3) is 0 Å². The Balaban J connectivity index is 2.40. The smallest absolute Gasteiger partial charge is 0.234 e. The number of carbonyl (C=O) groups is 1. The summed E-state index contributed by atoms with van der Waals surface area (Å²) in [4.78, 5) is 13.6. The Morgan fingerprint density at radius 2 is 2.32 bits per heavy atom. The van der Waals surface area contributed by atoms with Crippen LogP contribution < -0.4 is 5.32 Å². The van der Waals surface area contributed by atoms with Crippen LogP contribution >= 0.6 is 11.6 Å². The number of benzene rings is 1. The second-order valence-electron chi connectivity index (χ2n) is 4.28. The average molecular weight is 280 g/mol. The van der Waals surface area contributed by atoms with Gasteiger partial charge in [-0.15, -0.1) is 0 Å². The van der Waals surface area contributed by atoms with Gasteiger partial charge in [-0.25, -0.2) is 0 Å². The molecule has 0 saturated carbocycles. The second kappa shape index (κ2) is 8.52. The van der Waals surface area contributed by atoms with E-state index in [1.807, 2.05) is 30.0 Å². The Hall–Kier alpha value is -1.57. The molecule has 0 aromatic heterocycles. The quantitative estimate of drug-likeness (QED) is 0.779. The van der Waals surface area contributed by atoms with E-state index >= 15 is 0 Å². The second-order valence-corrected chi connectivity index (χ2v) is 4.71. The molecule has 102 valence electrons. The third-order valence-electron chi connectivity index (χ3n) is 2.58. The van der Waals surface area contributed by atoms with Crippen molar-refractivity contribution in [3.63, 3.8) is 0 Å². The lowest BCUT2D eigenvalue weighted by Crippen LogP contribution is -2.37. The molecule has 0 radical (unpaired) electrons. The van der Waals surface area contributed by atoms with Crippen LogP contribution in [-0.2, 0) is 11.3 Å². The minimum Gasteiger partial charge on any atom is -0.351 e. The van der Waals surface area contributed by atoms with E-state index in [1.165, 1.54) is 0 Å². The highest BCUT2D eigenvalue weighted by molar-refractivity contribution is 6.30. The fourth-order valence-electron chi connectivity index (χ4n) is 1.74. The molecule has 1 amide bonds. The number of hydrogen-bond donors (Lipinski definition) is 1. The number of nitriles is 1. The summed E-state index contributed by atoms with van der Waals surface area (Å²) in [6.45, 7) is 3.75. The van der Waals surface area contributed by atoms with E-state index in [1.54, 1.807) is 6.07 Å². The molecule has 0 saturated heterocycles. The SMILES string of the molecule is CCCN(CC#N)CC(=O)NCc1cccc(Cl)c1.